The summed E-state index contributed by atoms with van der Waals surface area (Å²) in [5.74, 6) is -0.618. The molecule has 0 unspecified atom stereocenters. The van der Waals surface area contributed by atoms with Gasteiger partial charge in [-0.05, 0) is 6.92 Å². The molecule has 0 aliphatic carbocycles. The molecule has 0 aromatic carbocycles. The zero-order valence-corrected chi connectivity index (χ0v) is 9.64. The van der Waals surface area contributed by atoms with Crippen molar-refractivity contribution in [1.29, 1.82) is 0 Å². The SMILES string of the molecule is C[C@H](O)CNC(=O)c1cc([N+](=O)[O-])cnc1Cl. The van der Waals surface area contributed by atoms with Gasteiger partial charge in [-0.25, -0.2) is 4.98 Å². The minimum atomic E-state index is -0.718. The Balaban J connectivity index is 2.92. The summed E-state index contributed by atoms with van der Waals surface area (Å²) in [6.45, 7) is 1.52. The molecule has 0 radical (unpaired) electrons. The summed E-state index contributed by atoms with van der Waals surface area (Å²) < 4.78 is 0. The lowest BCUT2D eigenvalue weighted by Gasteiger charge is -2.07. The molecule has 0 saturated heterocycles. The van der Waals surface area contributed by atoms with Crippen LogP contribution in [0, 0.1) is 10.1 Å². The van der Waals surface area contributed by atoms with Crippen molar-refractivity contribution in [3.63, 3.8) is 0 Å². The number of pyridine rings is 1. The maximum Gasteiger partial charge on any atom is 0.288 e. The van der Waals surface area contributed by atoms with Crippen molar-refractivity contribution in [2.75, 3.05) is 6.54 Å². The summed E-state index contributed by atoms with van der Waals surface area (Å²) in [5, 5.41) is 21.7. The van der Waals surface area contributed by atoms with E-state index in [0.717, 1.165) is 12.3 Å². The molecule has 1 rings (SSSR count). The van der Waals surface area contributed by atoms with Gasteiger partial charge in [0, 0.05) is 12.6 Å². The Morgan fingerprint density at radius 3 is 2.94 bits per heavy atom. The van der Waals surface area contributed by atoms with Crippen LogP contribution in [-0.2, 0) is 0 Å². The molecule has 1 aromatic rings. The third-order valence-corrected chi connectivity index (χ3v) is 2.14. The summed E-state index contributed by atoms with van der Waals surface area (Å²) >= 11 is 5.65. The Morgan fingerprint density at radius 1 is 1.76 bits per heavy atom. The van der Waals surface area contributed by atoms with Crippen LogP contribution in [0.25, 0.3) is 0 Å². The van der Waals surface area contributed by atoms with E-state index in [2.05, 4.69) is 10.3 Å². The molecule has 8 heteroatoms. The molecule has 0 aliphatic heterocycles. The smallest absolute Gasteiger partial charge is 0.288 e. The second-order valence-corrected chi connectivity index (χ2v) is 3.71. The Morgan fingerprint density at radius 2 is 2.41 bits per heavy atom. The number of hydrogen-bond acceptors (Lipinski definition) is 5. The molecule has 0 bridgehead atoms. The fourth-order valence-corrected chi connectivity index (χ4v) is 1.22. The Hall–Kier alpha value is -1.73. The monoisotopic (exact) mass is 259 g/mol. The number of nitrogens with zero attached hydrogens (tertiary/aromatic N) is 2. The topological polar surface area (TPSA) is 105 Å². The van der Waals surface area contributed by atoms with E-state index in [-0.39, 0.29) is 22.9 Å². The van der Waals surface area contributed by atoms with Crippen LogP contribution in [0.4, 0.5) is 5.69 Å². The summed E-state index contributed by atoms with van der Waals surface area (Å²) in [4.78, 5) is 25.0. The number of aliphatic hydroxyl groups excluding tert-OH is 1. The summed E-state index contributed by atoms with van der Waals surface area (Å²) in [5.41, 5.74) is -0.418. The molecule has 0 saturated carbocycles. The first-order valence-corrected chi connectivity index (χ1v) is 5.06. The number of amides is 1. The van der Waals surface area contributed by atoms with Crippen LogP contribution >= 0.6 is 11.6 Å². The van der Waals surface area contributed by atoms with Gasteiger partial charge < -0.3 is 10.4 Å². The summed E-state index contributed by atoms with van der Waals surface area (Å²) in [7, 11) is 0. The normalized spacial score (nSPS) is 11.9. The molecule has 0 fully saturated rings. The quantitative estimate of drug-likeness (QED) is 0.472. The first kappa shape index (κ1) is 13.3. The standard InChI is InChI=1S/C9H10ClN3O4/c1-5(14)3-12-9(15)7-2-6(13(16)17)4-11-8(7)10/h2,4-5,14H,3H2,1H3,(H,12,15)/t5-/m0/s1. The van der Waals surface area contributed by atoms with Crippen LogP contribution in [-0.4, -0.2) is 33.6 Å². The van der Waals surface area contributed by atoms with Gasteiger partial charge in [0.2, 0.25) is 0 Å². The first-order chi connectivity index (χ1) is 7.91. The highest BCUT2D eigenvalue weighted by molar-refractivity contribution is 6.32. The molecule has 0 spiro atoms. The lowest BCUT2D eigenvalue weighted by molar-refractivity contribution is -0.385. The first-order valence-electron chi connectivity index (χ1n) is 4.68. The van der Waals surface area contributed by atoms with Crippen LogP contribution in [0.2, 0.25) is 5.15 Å². The number of rotatable bonds is 4. The van der Waals surface area contributed by atoms with Gasteiger partial charge in [0.05, 0.1) is 16.6 Å². The minimum Gasteiger partial charge on any atom is -0.392 e. The minimum absolute atomic E-state index is 0.0256. The van der Waals surface area contributed by atoms with Gasteiger partial charge in [0.25, 0.3) is 11.6 Å². The third kappa shape index (κ3) is 3.65. The number of aliphatic hydroxyl groups is 1. The second kappa shape index (κ2) is 5.55. The van der Waals surface area contributed by atoms with E-state index < -0.39 is 16.9 Å². The molecular formula is C9H10ClN3O4. The van der Waals surface area contributed by atoms with Gasteiger partial charge in [0.1, 0.15) is 11.3 Å². The largest absolute Gasteiger partial charge is 0.392 e. The fraction of sp³-hybridized carbons (Fsp3) is 0.333. The molecule has 92 valence electrons. The van der Waals surface area contributed by atoms with Crippen molar-refractivity contribution >= 4 is 23.2 Å². The summed E-state index contributed by atoms with van der Waals surface area (Å²) in [6, 6.07) is 1.03. The van der Waals surface area contributed by atoms with Crippen LogP contribution in [0.15, 0.2) is 12.3 Å². The van der Waals surface area contributed by atoms with Gasteiger partial charge in [0.15, 0.2) is 0 Å². The highest BCUT2D eigenvalue weighted by Crippen LogP contribution is 2.18. The van der Waals surface area contributed by atoms with Crippen molar-refractivity contribution in [3.05, 3.63) is 33.1 Å². The van der Waals surface area contributed by atoms with Crippen molar-refractivity contribution in [2.24, 2.45) is 0 Å². The predicted octanol–water partition coefficient (Wildman–Crippen LogP) is 0.754. The zero-order valence-electron chi connectivity index (χ0n) is 8.88. The van der Waals surface area contributed by atoms with Crippen LogP contribution in [0.3, 0.4) is 0 Å². The van der Waals surface area contributed by atoms with E-state index in [0.29, 0.717) is 0 Å². The number of nitrogens with one attached hydrogen (secondary N) is 1. The number of halogens is 1. The van der Waals surface area contributed by atoms with Gasteiger partial charge in [-0.2, -0.15) is 0 Å². The molecule has 1 amide bonds. The molecule has 17 heavy (non-hydrogen) atoms. The highest BCUT2D eigenvalue weighted by atomic mass is 35.5. The van der Waals surface area contributed by atoms with Gasteiger partial charge in [-0.3, -0.25) is 14.9 Å². The van der Waals surface area contributed by atoms with E-state index in [1.54, 1.807) is 0 Å². The Labute approximate surface area is 102 Å². The third-order valence-electron chi connectivity index (χ3n) is 1.84. The van der Waals surface area contributed by atoms with Crippen LogP contribution < -0.4 is 5.32 Å². The molecule has 0 aliphatic rings. The zero-order chi connectivity index (χ0) is 13.0. The summed E-state index contributed by atoms with van der Waals surface area (Å²) in [6.07, 6.45) is 0.248. The maximum atomic E-state index is 11.6. The van der Waals surface area contributed by atoms with Gasteiger partial charge in [-0.1, -0.05) is 11.6 Å². The Bertz CT molecular complexity index is 450. The van der Waals surface area contributed by atoms with E-state index in [9.17, 15) is 14.9 Å². The average Bonchev–Trinajstić information content (AvgIpc) is 2.26. The van der Waals surface area contributed by atoms with Crippen LogP contribution in [0.5, 0.6) is 0 Å². The number of nitro groups is 1. The number of aromatic nitrogens is 1. The van der Waals surface area contributed by atoms with E-state index in [4.69, 9.17) is 16.7 Å². The van der Waals surface area contributed by atoms with Crippen molar-refractivity contribution < 1.29 is 14.8 Å². The van der Waals surface area contributed by atoms with Gasteiger partial charge >= 0.3 is 0 Å². The number of carbonyl (C=O) groups excluding carboxylic acids is 1. The van der Waals surface area contributed by atoms with Crippen molar-refractivity contribution in [2.45, 2.75) is 13.0 Å². The fourth-order valence-electron chi connectivity index (χ4n) is 1.03. The van der Waals surface area contributed by atoms with Crippen LogP contribution in [0.1, 0.15) is 17.3 Å². The van der Waals surface area contributed by atoms with Crippen molar-refractivity contribution in [3.8, 4) is 0 Å². The number of hydrogen-bond donors (Lipinski definition) is 2. The molecular weight excluding hydrogens is 250 g/mol. The molecule has 2 N–H and O–H groups in total. The van der Waals surface area contributed by atoms with Gasteiger partial charge in [-0.15, -0.1) is 0 Å². The average molecular weight is 260 g/mol. The van der Waals surface area contributed by atoms with E-state index in [1.165, 1.54) is 6.92 Å². The maximum absolute atomic E-state index is 11.6. The molecule has 1 atom stereocenters. The second-order valence-electron chi connectivity index (χ2n) is 3.35. The molecule has 7 nitrogen and oxygen atoms in total. The van der Waals surface area contributed by atoms with Crippen molar-refractivity contribution in [1.82, 2.24) is 10.3 Å². The van der Waals surface area contributed by atoms with E-state index >= 15 is 0 Å². The predicted molar refractivity (Wildman–Crippen MR) is 59.9 cm³/mol. The lowest BCUT2D eigenvalue weighted by atomic mass is 10.2. The molecule has 1 heterocycles. The molecule has 1 aromatic heterocycles. The lowest BCUT2D eigenvalue weighted by Crippen LogP contribution is -2.30. The highest BCUT2D eigenvalue weighted by Gasteiger charge is 2.17. The Kier molecular flexibility index (Phi) is 4.36. The number of carbonyl (C=O) groups is 1. The van der Waals surface area contributed by atoms with E-state index in [1.807, 2.05) is 0 Å².